The van der Waals surface area contributed by atoms with Crippen molar-refractivity contribution >= 4 is 22.0 Å². The molecule has 0 saturated carbocycles. The summed E-state index contributed by atoms with van der Waals surface area (Å²) in [7, 11) is -3.49. The number of rotatable bonds is 5. The van der Waals surface area contributed by atoms with E-state index in [9.17, 15) is 18.0 Å². The molecule has 130 valence electrons. The van der Waals surface area contributed by atoms with Crippen LogP contribution in [0.25, 0.3) is 0 Å². The number of amides is 3. The van der Waals surface area contributed by atoms with Crippen molar-refractivity contribution in [2.24, 2.45) is 0 Å². The number of hydrogen-bond acceptors (Lipinski definition) is 4. The van der Waals surface area contributed by atoms with Gasteiger partial charge in [0.05, 0.1) is 18.3 Å². The molecule has 2 aliphatic rings. The van der Waals surface area contributed by atoms with Crippen LogP contribution in [0.3, 0.4) is 0 Å². The maximum absolute atomic E-state index is 12.8. The van der Waals surface area contributed by atoms with Crippen LogP contribution in [0.2, 0.25) is 0 Å². The molecule has 1 aromatic carbocycles. The molecular weight excluding hydrogens is 330 g/mol. The first-order valence-electron chi connectivity index (χ1n) is 8.09. The summed E-state index contributed by atoms with van der Waals surface area (Å²) in [5, 5.41) is 2.78. The van der Waals surface area contributed by atoms with Gasteiger partial charge < -0.3 is 5.32 Å². The van der Waals surface area contributed by atoms with Gasteiger partial charge in [-0.15, -0.1) is 0 Å². The SMILES string of the molecule is CCCS(=O)(=O)N1CC[C@H]2NC(=O)N(Cc3ccccc3)C(=O)[C@H]21. The number of urea groups is 1. The van der Waals surface area contributed by atoms with Crippen molar-refractivity contribution in [2.45, 2.75) is 38.4 Å². The fourth-order valence-electron chi connectivity index (χ4n) is 3.31. The molecule has 1 aromatic rings. The fraction of sp³-hybridized carbons (Fsp3) is 0.500. The highest BCUT2D eigenvalue weighted by molar-refractivity contribution is 7.89. The van der Waals surface area contributed by atoms with E-state index in [1.165, 1.54) is 4.31 Å². The average molecular weight is 351 g/mol. The van der Waals surface area contributed by atoms with E-state index in [0.29, 0.717) is 12.8 Å². The minimum absolute atomic E-state index is 0.0101. The van der Waals surface area contributed by atoms with Gasteiger partial charge in [-0.25, -0.2) is 13.2 Å². The minimum atomic E-state index is -3.49. The molecule has 3 amide bonds. The summed E-state index contributed by atoms with van der Waals surface area (Å²) in [6, 6.07) is 7.44. The monoisotopic (exact) mass is 351 g/mol. The zero-order chi connectivity index (χ0) is 17.3. The topological polar surface area (TPSA) is 86.8 Å². The van der Waals surface area contributed by atoms with Crippen LogP contribution in [0.5, 0.6) is 0 Å². The first-order valence-corrected chi connectivity index (χ1v) is 9.70. The van der Waals surface area contributed by atoms with Crippen molar-refractivity contribution in [1.29, 1.82) is 0 Å². The van der Waals surface area contributed by atoms with E-state index in [1.54, 1.807) is 6.92 Å². The van der Waals surface area contributed by atoms with Gasteiger partial charge in [0.15, 0.2) is 0 Å². The smallest absolute Gasteiger partial charge is 0.324 e. The Morgan fingerprint density at radius 3 is 2.58 bits per heavy atom. The molecular formula is C16H21N3O4S. The predicted octanol–water partition coefficient (Wildman–Crippen LogP) is 0.921. The predicted molar refractivity (Wildman–Crippen MR) is 88.5 cm³/mol. The summed E-state index contributed by atoms with van der Waals surface area (Å²) < 4.78 is 26.1. The lowest BCUT2D eigenvalue weighted by Gasteiger charge is -2.36. The summed E-state index contributed by atoms with van der Waals surface area (Å²) in [6.45, 7) is 2.19. The van der Waals surface area contributed by atoms with E-state index in [1.807, 2.05) is 30.3 Å². The highest BCUT2D eigenvalue weighted by Gasteiger charge is 2.51. The van der Waals surface area contributed by atoms with Crippen LogP contribution >= 0.6 is 0 Å². The second kappa shape index (κ2) is 6.52. The zero-order valence-electron chi connectivity index (χ0n) is 13.5. The van der Waals surface area contributed by atoms with Gasteiger partial charge in [0.25, 0.3) is 5.91 Å². The first kappa shape index (κ1) is 16.9. The lowest BCUT2D eigenvalue weighted by Crippen LogP contribution is -2.64. The Balaban J connectivity index is 1.85. The number of nitrogens with one attached hydrogen (secondary N) is 1. The number of sulfonamides is 1. The number of fused-ring (bicyclic) bond motifs is 1. The molecule has 2 fully saturated rings. The molecule has 2 heterocycles. The van der Waals surface area contributed by atoms with Crippen molar-refractivity contribution in [1.82, 2.24) is 14.5 Å². The minimum Gasteiger partial charge on any atom is -0.333 e. The first-order chi connectivity index (χ1) is 11.4. The number of benzene rings is 1. The zero-order valence-corrected chi connectivity index (χ0v) is 14.3. The van der Waals surface area contributed by atoms with Crippen LogP contribution in [-0.4, -0.2) is 53.9 Å². The van der Waals surface area contributed by atoms with Crippen molar-refractivity contribution in [3.8, 4) is 0 Å². The molecule has 0 bridgehead atoms. The van der Waals surface area contributed by atoms with E-state index in [0.717, 1.165) is 10.5 Å². The molecule has 0 unspecified atom stereocenters. The van der Waals surface area contributed by atoms with E-state index in [2.05, 4.69) is 5.32 Å². The second-order valence-corrected chi connectivity index (χ2v) is 8.17. The Kier molecular flexibility index (Phi) is 4.60. The summed E-state index contributed by atoms with van der Waals surface area (Å²) in [5.74, 6) is -0.430. The van der Waals surface area contributed by atoms with Crippen molar-refractivity contribution < 1.29 is 18.0 Å². The molecule has 3 rings (SSSR count). The van der Waals surface area contributed by atoms with Crippen LogP contribution in [0.4, 0.5) is 4.79 Å². The lowest BCUT2D eigenvalue weighted by atomic mass is 10.1. The molecule has 0 spiro atoms. The Hall–Kier alpha value is -1.93. The largest absolute Gasteiger partial charge is 0.333 e. The van der Waals surface area contributed by atoms with Crippen LogP contribution in [0.1, 0.15) is 25.3 Å². The quantitative estimate of drug-likeness (QED) is 0.855. The third-order valence-electron chi connectivity index (χ3n) is 4.43. The Labute approximate surface area is 141 Å². The molecule has 2 aliphatic heterocycles. The Bertz CT molecular complexity index is 735. The Morgan fingerprint density at radius 1 is 1.21 bits per heavy atom. The average Bonchev–Trinajstić information content (AvgIpc) is 2.97. The second-order valence-electron chi connectivity index (χ2n) is 6.13. The Morgan fingerprint density at radius 2 is 1.92 bits per heavy atom. The highest BCUT2D eigenvalue weighted by atomic mass is 32.2. The van der Waals surface area contributed by atoms with Crippen molar-refractivity contribution in [3.05, 3.63) is 35.9 Å². The van der Waals surface area contributed by atoms with Gasteiger partial charge in [-0.2, -0.15) is 4.31 Å². The molecule has 8 heteroatoms. The molecule has 0 aromatic heterocycles. The van der Waals surface area contributed by atoms with Crippen LogP contribution < -0.4 is 5.32 Å². The molecule has 1 N–H and O–H groups in total. The van der Waals surface area contributed by atoms with Gasteiger partial charge in [0, 0.05) is 6.54 Å². The molecule has 0 aliphatic carbocycles. The summed E-state index contributed by atoms with van der Waals surface area (Å²) in [5.41, 5.74) is 0.820. The highest BCUT2D eigenvalue weighted by Crippen LogP contribution is 2.28. The number of imide groups is 1. The summed E-state index contributed by atoms with van der Waals surface area (Å²) >= 11 is 0. The van der Waals surface area contributed by atoms with E-state index >= 15 is 0 Å². The third kappa shape index (κ3) is 3.03. The van der Waals surface area contributed by atoms with Gasteiger partial charge in [-0.05, 0) is 18.4 Å². The maximum atomic E-state index is 12.8. The molecule has 2 saturated heterocycles. The van der Waals surface area contributed by atoms with Gasteiger partial charge in [-0.1, -0.05) is 37.3 Å². The van der Waals surface area contributed by atoms with Crippen LogP contribution in [-0.2, 0) is 21.4 Å². The summed E-state index contributed by atoms with van der Waals surface area (Å²) in [4.78, 5) is 26.2. The number of carbonyl (C=O) groups excluding carboxylic acids is 2. The normalized spacial score (nSPS) is 24.8. The maximum Gasteiger partial charge on any atom is 0.324 e. The van der Waals surface area contributed by atoms with Gasteiger partial charge in [0.2, 0.25) is 10.0 Å². The molecule has 7 nitrogen and oxygen atoms in total. The third-order valence-corrected chi connectivity index (χ3v) is 6.48. The van der Waals surface area contributed by atoms with Crippen molar-refractivity contribution in [3.63, 3.8) is 0 Å². The summed E-state index contributed by atoms with van der Waals surface area (Å²) in [6.07, 6.45) is 0.953. The fourth-order valence-corrected chi connectivity index (χ4v) is 5.03. The van der Waals surface area contributed by atoms with Gasteiger partial charge in [0.1, 0.15) is 6.04 Å². The van der Waals surface area contributed by atoms with Gasteiger partial charge >= 0.3 is 6.03 Å². The van der Waals surface area contributed by atoms with Crippen LogP contribution in [0.15, 0.2) is 30.3 Å². The number of carbonyl (C=O) groups is 2. The molecule has 24 heavy (non-hydrogen) atoms. The van der Waals surface area contributed by atoms with E-state index in [-0.39, 0.29) is 18.8 Å². The van der Waals surface area contributed by atoms with Crippen LogP contribution in [0, 0.1) is 0 Å². The number of nitrogens with zero attached hydrogens (tertiary/aromatic N) is 2. The molecule has 0 radical (unpaired) electrons. The van der Waals surface area contributed by atoms with Crippen molar-refractivity contribution in [2.75, 3.05) is 12.3 Å². The standard InChI is InChI=1S/C16H21N3O4S/c1-2-10-24(22,23)19-9-8-13-14(19)15(20)18(16(21)17-13)11-12-6-4-3-5-7-12/h3-7,13-14H,2,8-11H2,1H3,(H,17,21)/t13-,14+/m1/s1. The molecule has 2 atom stereocenters. The number of hydrogen-bond donors (Lipinski definition) is 1. The lowest BCUT2D eigenvalue weighted by molar-refractivity contribution is -0.134. The van der Waals surface area contributed by atoms with E-state index in [4.69, 9.17) is 0 Å². The van der Waals surface area contributed by atoms with E-state index < -0.39 is 34.0 Å². The van der Waals surface area contributed by atoms with Gasteiger partial charge in [-0.3, -0.25) is 9.69 Å².